The van der Waals surface area contributed by atoms with E-state index in [1.165, 1.54) is 29.7 Å². The highest BCUT2D eigenvalue weighted by molar-refractivity contribution is 7.80. The van der Waals surface area contributed by atoms with Crippen LogP contribution in [0.3, 0.4) is 0 Å². The minimum atomic E-state index is 0.618. The largest absolute Gasteiger partial charge is 0.383 e. The van der Waals surface area contributed by atoms with Crippen molar-refractivity contribution in [1.29, 1.82) is 0 Å². The third-order valence-electron chi connectivity index (χ3n) is 5.15. The van der Waals surface area contributed by atoms with Gasteiger partial charge in [-0.3, -0.25) is 0 Å². The fourth-order valence-electron chi connectivity index (χ4n) is 3.77. The van der Waals surface area contributed by atoms with Crippen LogP contribution in [0.2, 0.25) is 5.02 Å². The molecule has 156 valence electrons. The van der Waals surface area contributed by atoms with E-state index < -0.39 is 0 Å². The molecule has 4 nitrogen and oxygen atoms in total. The Balaban J connectivity index is 1.73. The van der Waals surface area contributed by atoms with Gasteiger partial charge in [0.1, 0.15) is 0 Å². The summed E-state index contributed by atoms with van der Waals surface area (Å²) in [6.45, 7) is 6.61. The van der Waals surface area contributed by atoms with Crippen LogP contribution in [0.5, 0.6) is 0 Å². The van der Waals surface area contributed by atoms with E-state index in [2.05, 4.69) is 40.2 Å². The van der Waals surface area contributed by atoms with E-state index in [0.717, 1.165) is 38.3 Å². The molecule has 0 aliphatic carbocycles. The summed E-state index contributed by atoms with van der Waals surface area (Å²) in [6.07, 6.45) is 3.54. The summed E-state index contributed by atoms with van der Waals surface area (Å²) in [4.78, 5) is 4.66. The zero-order valence-corrected chi connectivity index (χ0v) is 18.9. The van der Waals surface area contributed by atoms with Gasteiger partial charge in [0.25, 0.3) is 0 Å². The van der Waals surface area contributed by atoms with Crippen LogP contribution in [0.25, 0.3) is 0 Å². The first-order valence-corrected chi connectivity index (χ1v) is 11.1. The van der Waals surface area contributed by atoms with Crippen molar-refractivity contribution in [2.75, 3.05) is 43.6 Å². The Kier molecular flexibility index (Phi) is 8.16. The molecule has 0 spiro atoms. The lowest BCUT2D eigenvalue weighted by Gasteiger charge is -2.32. The number of aryl methyl sites for hydroxylation is 1. The Morgan fingerprint density at radius 3 is 2.90 bits per heavy atom. The molecule has 1 aliphatic rings. The van der Waals surface area contributed by atoms with Crippen LogP contribution < -0.4 is 10.2 Å². The second kappa shape index (κ2) is 10.8. The second-order valence-corrected chi connectivity index (χ2v) is 8.23. The van der Waals surface area contributed by atoms with Crippen molar-refractivity contribution in [2.45, 2.75) is 32.7 Å². The molecule has 2 aromatic rings. The van der Waals surface area contributed by atoms with Gasteiger partial charge in [-0.15, -0.1) is 0 Å². The number of fused-ring (bicyclic) bond motifs is 1. The number of halogens is 1. The summed E-state index contributed by atoms with van der Waals surface area (Å²) in [7, 11) is 1.72. The molecule has 6 heteroatoms. The third-order valence-corrected chi connectivity index (χ3v) is 5.75. The standard InChI is InChI=1S/C23H30ClN3OS/c1-3-11-26-12-5-6-19-15-18(9-10-22(19)26)17-27(13-14-28-2)23(29)25-21-8-4-7-20(24)16-21/h4,7-10,15-16H,3,5-6,11-14,17H2,1-2H3,(H,25,29). The van der Waals surface area contributed by atoms with E-state index in [1.807, 2.05) is 24.3 Å². The zero-order chi connectivity index (χ0) is 20.6. The summed E-state index contributed by atoms with van der Waals surface area (Å²) in [5.74, 6) is 0. The van der Waals surface area contributed by atoms with Gasteiger partial charge in [-0.2, -0.15) is 0 Å². The van der Waals surface area contributed by atoms with E-state index in [-0.39, 0.29) is 0 Å². The Labute approximate surface area is 184 Å². The van der Waals surface area contributed by atoms with E-state index in [1.54, 1.807) is 7.11 Å². The predicted octanol–water partition coefficient (Wildman–Crippen LogP) is 5.35. The molecule has 0 fully saturated rings. The van der Waals surface area contributed by atoms with Crippen LogP contribution in [-0.4, -0.2) is 43.4 Å². The Hall–Kier alpha value is -1.82. The van der Waals surface area contributed by atoms with Crippen LogP contribution >= 0.6 is 23.8 Å². The van der Waals surface area contributed by atoms with Crippen molar-refractivity contribution in [2.24, 2.45) is 0 Å². The van der Waals surface area contributed by atoms with Crippen molar-refractivity contribution < 1.29 is 4.74 Å². The van der Waals surface area contributed by atoms with Gasteiger partial charge in [0, 0.05) is 49.7 Å². The van der Waals surface area contributed by atoms with Gasteiger partial charge in [0.15, 0.2) is 5.11 Å². The molecule has 0 aromatic heterocycles. The molecule has 1 N–H and O–H groups in total. The highest BCUT2D eigenvalue weighted by atomic mass is 35.5. The molecule has 0 amide bonds. The number of benzene rings is 2. The molecule has 0 unspecified atom stereocenters. The molecule has 2 aromatic carbocycles. The molecule has 0 atom stereocenters. The summed E-state index contributed by atoms with van der Waals surface area (Å²) >= 11 is 11.8. The summed E-state index contributed by atoms with van der Waals surface area (Å²) in [5.41, 5.74) is 5.01. The van der Waals surface area contributed by atoms with Crippen molar-refractivity contribution in [1.82, 2.24) is 4.90 Å². The number of nitrogens with one attached hydrogen (secondary N) is 1. The molecule has 0 saturated carbocycles. The Morgan fingerprint density at radius 2 is 2.14 bits per heavy atom. The van der Waals surface area contributed by atoms with E-state index in [0.29, 0.717) is 16.7 Å². The first-order valence-electron chi connectivity index (χ1n) is 10.3. The lowest BCUT2D eigenvalue weighted by Crippen LogP contribution is -2.36. The van der Waals surface area contributed by atoms with Crippen molar-refractivity contribution in [3.05, 3.63) is 58.6 Å². The maximum Gasteiger partial charge on any atom is 0.173 e. The van der Waals surface area contributed by atoms with E-state index in [9.17, 15) is 0 Å². The second-order valence-electron chi connectivity index (χ2n) is 7.41. The summed E-state index contributed by atoms with van der Waals surface area (Å²) in [6, 6.07) is 14.5. The average molecular weight is 432 g/mol. The van der Waals surface area contributed by atoms with Crippen LogP contribution in [0.15, 0.2) is 42.5 Å². The molecule has 0 radical (unpaired) electrons. The number of hydrogen-bond donors (Lipinski definition) is 1. The topological polar surface area (TPSA) is 27.7 Å². The lowest BCUT2D eigenvalue weighted by atomic mass is 9.99. The van der Waals surface area contributed by atoms with Gasteiger partial charge in [0.05, 0.1) is 6.61 Å². The zero-order valence-electron chi connectivity index (χ0n) is 17.3. The quantitative estimate of drug-likeness (QED) is 0.569. The van der Waals surface area contributed by atoms with Gasteiger partial charge in [0.2, 0.25) is 0 Å². The minimum absolute atomic E-state index is 0.618. The molecule has 29 heavy (non-hydrogen) atoms. The molecular formula is C23H30ClN3OS. The number of nitrogens with zero attached hydrogens (tertiary/aromatic N) is 2. The van der Waals surface area contributed by atoms with Crippen LogP contribution in [0.1, 0.15) is 30.9 Å². The highest BCUT2D eigenvalue weighted by Gasteiger charge is 2.18. The molecule has 0 bridgehead atoms. The average Bonchev–Trinajstić information content (AvgIpc) is 2.71. The van der Waals surface area contributed by atoms with Gasteiger partial charge < -0.3 is 19.9 Å². The van der Waals surface area contributed by atoms with Gasteiger partial charge in [-0.05, 0) is 66.9 Å². The monoisotopic (exact) mass is 431 g/mol. The lowest BCUT2D eigenvalue weighted by molar-refractivity contribution is 0.175. The number of hydrogen-bond acceptors (Lipinski definition) is 3. The smallest absolute Gasteiger partial charge is 0.173 e. The maximum atomic E-state index is 6.10. The SMILES string of the molecule is CCCN1CCCc2cc(CN(CCOC)C(=S)Nc3cccc(Cl)c3)ccc21. The predicted molar refractivity (Wildman–Crippen MR) is 127 cm³/mol. The van der Waals surface area contributed by atoms with Crippen molar-refractivity contribution >= 4 is 40.3 Å². The summed E-state index contributed by atoms with van der Waals surface area (Å²) in [5, 5.41) is 4.67. The number of rotatable bonds is 8. The fourth-order valence-corrected chi connectivity index (χ4v) is 4.24. The minimum Gasteiger partial charge on any atom is -0.383 e. The number of thiocarbonyl (C=S) groups is 1. The maximum absolute atomic E-state index is 6.10. The summed E-state index contributed by atoms with van der Waals surface area (Å²) < 4.78 is 5.30. The van der Waals surface area contributed by atoms with Gasteiger partial charge >= 0.3 is 0 Å². The number of ether oxygens (including phenoxy) is 1. The highest BCUT2D eigenvalue weighted by Crippen LogP contribution is 2.28. The van der Waals surface area contributed by atoms with Crippen molar-refractivity contribution in [3.63, 3.8) is 0 Å². The fraction of sp³-hybridized carbons (Fsp3) is 0.435. The van der Waals surface area contributed by atoms with Crippen molar-refractivity contribution in [3.8, 4) is 0 Å². The molecule has 3 rings (SSSR count). The normalized spacial score (nSPS) is 13.1. The third kappa shape index (κ3) is 6.08. The van der Waals surface area contributed by atoms with Gasteiger partial charge in [-0.1, -0.05) is 36.7 Å². The molecule has 1 heterocycles. The number of methoxy groups -OCH3 is 1. The van der Waals surface area contributed by atoms with E-state index >= 15 is 0 Å². The first-order chi connectivity index (χ1) is 14.1. The Morgan fingerprint density at radius 1 is 1.28 bits per heavy atom. The molecular weight excluding hydrogens is 402 g/mol. The number of anilines is 2. The van der Waals surface area contributed by atoms with Crippen LogP contribution in [-0.2, 0) is 17.7 Å². The van der Waals surface area contributed by atoms with E-state index in [4.69, 9.17) is 28.6 Å². The van der Waals surface area contributed by atoms with Crippen LogP contribution in [0, 0.1) is 0 Å². The molecule has 0 saturated heterocycles. The Bertz CT molecular complexity index is 830. The molecule has 1 aliphatic heterocycles. The van der Waals surface area contributed by atoms with Gasteiger partial charge in [-0.25, -0.2) is 0 Å². The van der Waals surface area contributed by atoms with Crippen LogP contribution in [0.4, 0.5) is 11.4 Å². The first kappa shape index (κ1) is 21.9.